The van der Waals surface area contributed by atoms with E-state index in [2.05, 4.69) is 36.9 Å². The third kappa shape index (κ3) is 3.44. The van der Waals surface area contributed by atoms with Crippen molar-refractivity contribution < 1.29 is 4.79 Å². The number of carbonyl (C=O) groups is 1. The van der Waals surface area contributed by atoms with Crippen LogP contribution in [0.4, 0.5) is 5.69 Å². The summed E-state index contributed by atoms with van der Waals surface area (Å²) in [5, 5.41) is 0. The van der Waals surface area contributed by atoms with E-state index in [4.69, 9.17) is 0 Å². The molecule has 1 fully saturated rings. The number of carbonyl (C=O) groups excluding carboxylic acids is 1. The summed E-state index contributed by atoms with van der Waals surface area (Å²) < 4.78 is 0. The number of amides is 1. The second kappa shape index (κ2) is 7.31. The highest BCUT2D eigenvalue weighted by Crippen LogP contribution is 2.24. The molecule has 1 aliphatic heterocycles. The molecular formula is C20H24N2OS. The molecule has 1 aliphatic rings. The van der Waals surface area contributed by atoms with Gasteiger partial charge in [-0.25, -0.2) is 0 Å². The number of nitrogens with zero attached hydrogens (tertiary/aromatic N) is 2. The van der Waals surface area contributed by atoms with Crippen LogP contribution >= 0.6 is 11.8 Å². The molecular weight excluding hydrogens is 316 g/mol. The molecule has 24 heavy (non-hydrogen) atoms. The third-order valence-electron chi connectivity index (χ3n) is 4.82. The predicted octanol–water partition coefficient (Wildman–Crippen LogP) is 3.99. The minimum absolute atomic E-state index is 0.142. The molecule has 0 spiro atoms. The first-order valence-corrected chi connectivity index (χ1v) is 9.57. The monoisotopic (exact) mass is 340 g/mol. The number of rotatable bonds is 3. The zero-order chi connectivity index (χ0) is 17.1. The summed E-state index contributed by atoms with van der Waals surface area (Å²) in [4.78, 5) is 18.2. The van der Waals surface area contributed by atoms with Crippen LogP contribution in [0, 0.1) is 13.8 Å². The Kier molecular flexibility index (Phi) is 5.14. The molecule has 0 aromatic heterocycles. The summed E-state index contributed by atoms with van der Waals surface area (Å²) in [7, 11) is 0. The Morgan fingerprint density at radius 2 is 1.62 bits per heavy atom. The molecule has 1 amide bonds. The summed E-state index contributed by atoms with van der Waals surface area (Å²) in [6.45, 7) is 7.65. The van der Waals surface area contributed by atoms with E-state index in [1.165, 1.54) is 21.7 Å². The summed E-state index contributed by atoms with van der Waals surface area (Å²) in [6, 6.07) is 14.4. The zero-order valence-electron chi connectivity index (χ0n) is 14.6. The van der Waals surface area contributed by atoms with Gasteiger partial charge < -0.3 is 9.80 Å². The lowest BCUT2D eigenvalue weighted by atomic mass is 10.1. The fourth-order valence-corrected chi connectivity index (χ4v) is 3.55. The van der Waals surface area contributed by atoms with Crippen LogP contribution in [0.2, 0.25) is 0 Å². The van der Waals surface area contributed by atoms with Crippen LogP contribution in [0.25, 0.3) is 0 Å². The quantitative estimate of drug-likeness (QED) is 0.790. The molecule has 4 heteroatoms. The summed E-state index contributed by atoms with van der Waals surface area (Å²) in [6.07, 6.45) is 2.04. The summed E-state index contributed by atoms with van der Waals surface area (Å²) in [5.41, 5.74) is 4.74. The molecule has 2 aromatic rings. The number of thioether (sulfide) groups is 1. The van der Waals surface area contributed by atoms with Crippen molar-refractivity contribution in [1.82, 2.24) is 4.90 Å². The molecule has 0 bridgehead atoms. The van der Waals surface area contributed by atoms with Crippen molar-refractivity contribution in [3.8, 4) is 0 Å². The van der Waals surface area contributed by atoms with E-state index in [-0.39, 0.29) is 5.91 Å². The molecule has 0 atom stereocenters. The molecule has 0 saturated carbocycles. The third-order valence-corrected chi connectivity index (χ3v) is 5.56. The summed E-state index contributed by atoms with van der Waals surface area (Å²) >= 11 is 1.69. The first-order valence-electron chi connectivity index (χ1n) is 8.34. The van der Waals surface area contributed by atoms with Gasteiger partial charge in [-0.3, -0.25) is 4.79 Å². The maximum atomic E-state index is 12.7. The van der Waals surface area contributed by atoms with Gasteiger partial charge in [0.1, 0.15) is 0 Å². The van der Waals surface area contributed by atoms with Crippen molar-refractivity contribution in [3.63, 3.8) is 0 Å². The average Bonchev–Trinajstić information content (AvgIpc) is 2.64. The van der Waals surface area contributed by atoms with E-state index < -0.39 is 0 Å². The second-order valence-corrected chi connectivity index (χ2v) is 7.11. The van der Waals surface area contributed by atoms with Gasteiger partial charge in [-0.2, -0.15) is 0 Å². The molecule has 1 saturated heterocycles. The van der Waals surface area contributed by atoms with Crippen molar-refractivity contribution in [1.29, 1.82) is 0 Å². The maximum Gasteiger partial charge on any atom is 0.253 e. The molecule has 2 aromatic carbocycles. The smallest absolute Gasteiger partial charge is 0.253 e. The molecule has 1 heterocycles. The average molecular weight is 340 g/mol. The Bertz CT molecular complexity index is 719. The summed E-state index contributed by atoms with van der Waals surface area (Å²) in [5.74, 6) is 0.142. The molecule has 3 nitrogen and oxygen atoms in total. The number of benzene rings is 2. The van der Waals surface area contributed by atoms with Gasteiger partial charge in [-0.05, 0) is 61.6 Å². The van der Waals surface area contributed by atoms with Gasteiger partial charge >= 0.3 is 0 Å². The second-order valence-electron chi connectivity index (χ2n) is 6.23. The van der Waals surface area contributed by atoms with Crippen molar-refractivity contribution in [2.45, 2.75) is 18.7 Å². The number of anilines is 1. The molecule has 3 rings (SSSR count). The lowest BCUT2D eigenvalue weighted by Crippen LogP contribution is -2.49. The van der Waals surface area contributed by atoms with E-state index in [1.54, 1.807) is 11.8 Å². The SMILES string of the molecule is CSc1ccc(C(=O)N2CCN(c3cccc(C)c3C)CC2)cc1. The van der Waals surface area contributed by atoms with Crippen LogP contribution in [0.3, 0.4) is 0 Å². The Morgan fingerprint density at radius 3 is 2.25 bits per heavy atom. The van der Waals surface area contributed by atoms with E-state index in [0.717, 1.165) is 31.7 Å². The van der Waals surface area contributed by atoms with Crippen molar-refractivity contribution in [2.75, 3.05) is 37.3 Å². The Hall–Kier alpha value is -1.94. The van der Waals surface area contributed by atoms with Crippen molar-refractivity contribution >= 4 is 23.4 Å². The lowest BCUT2D eigenvalue weighted by molar-refractivity contribution is 0.0746. The highest BCUT2D eigenvalue weighted by molar-refractivity contribution is 7.98. The van der Waals surface area contributed by atoms with Crippen molar-refractivity contribution in [3.05, 3.63) is 59.2 Å². The lowest BCUT2D eigenvalue weighted by Gasteiger charge is -2.37. The molecule has 0 unspecified atom stereocenters. The van der Waals surface area contributed by atoms with Gasteiger partial charge in [0.2, 0.25) is 0 Å². The van der Waals surface area contributed by atoms with Gasteiger partial charge in [0, 0.05) is 42.3 Å². The molecule has 0 aliphatic carbocycles. The van der Waals surface area contributed by atoms with E-state index in [9.17, 15) is 4.79 Å². The molecule has 0 N–H and O–H groups in total. The van der Waals surface area contributed by atoms with Gasteiger partial charge in [-0.15, -0.1) is 11.8 Å². The first kappa shape index (κ1) is 16.9. The first-order chi connectivity index (χ1) is 11.6. The number of hydrogen-bond acceptors (Lipinski definition) is 3. The van der Waals surface area contributed by atoms with Crippen LogP contribution in [0.1, 0.15) is 21.5 Å². The van der Waals surface area contributed by atoms with Gasteiger partial charge in [0.15, 0.2) is 0 Å². The van der Waals surface area contributed by atoms with Crippen LogP contribution in [-0.4, -0.2) is 43.2 Å². The Morgan fingerprint density at radius 1 is 0.958 bits per heavy atom. The largest absolute Gasteiger partial charge is 0.368 e. The van der Waals surface area contributed by atoms with E-state index in [0.29, 0.717) is 0 Å². The highest BCUT2D eigenvalue weighted by Gasteiger charge is 2.23. The normalized spacial score (nSPS) is 14.8. The van der Waals surface area contributed by atoms with Gasteiger partial charge in [-0.1, -0.05) is 12.1 Å². The zero-order valence-corrected chi connectivity index (χ0v) is 15.4. The highest BCUT2D eigenvalue weighted by atomic mass is 32.2. The van der Waals surface area contributed by atoms with Crippen LogP contribution in [0.15, 0.2) is 47.4 Å². The maximum absolute atomic E-state index is 12.7. The Balaban J connectivity index is 1.66. The van der Waals surface area contributed by atoms with E-state index >= 15 is 0 Å². The fourth-order valence-electron chi connectivity index (χ4n) is 3.14. The fraction of sp³-hybridized carbons (Fsp3) is 0.350. The minimum Gasteiger partial charge on any atom is -0.368 e. The van der Waals surface area contributed by atoms with Crippen LogP contribution in [0.5, 0.6) is 0 Å². The van der Waals surface area contributed by atoms with Gasteiger partial charge in [0.05, 0.1) is 0 Å². The van der Waals surface area contributed by atoms with E-state index in [1.807, 2.05) is 35.4 Å². The number of hydrogen-bond donors (Lipinski definition) is 0. The number of aryl methyl sites for hydroxylation is 1. The number of piperazine rings is 1. The van der Waals surface area contributed by atoms with Gasteiger partial charge in [0.25, 0.3) is 5.91 Å². The van der Waals surface area contributed by atoms with Crippen LogP contribution in [-0.2, 0) is 0 Å². The minimum atomic E-state index is 0.142. The predicted molar refractivity (Wildman–Crippen MR) is 102 cm³/mol. The Labute approximate surface area is 148 Å². The van der Waals surface area contributed by atoms with Crippen molar-refractivity contribution in [2.24, 2.45) is 0 Å². The molecule has 126 valence electrons. The van der Waals surface area contributed by atoms with Crippen LogP contribution < -0.4 is 4.90 Å². The topological polar surface area (TPSA) is 23.6 Å². The standard InChI is InChI=1S/C20H24N2OS/c1-15-5-4-6-19(16(15)2)21-11-13-22(14-12-21)20(23)17-7-9-18(24-3)10-8-17/h4-10H,11-14H2,1-3H3. The molecule has 0 radical (unpaired) electrons.